The van der Waals surface area contributed by atoms with Crippen LogP contribution in [-0.4, -0.2) is 5.11 Å². The van der Waals surface area contributed by atoms with Crippen molar-refractivity contribution in [3.8, 4) is 0 Å². The third-order valence-electron chi connectivity index (χ3n) is 3.69. The first-order valence-corrected chi connectivity index (χ1v) is 6.84. The van der Waals surface area contributed by atoms with E-state index in [-0.39, 0.29) is 5.82 Å². The van der Waals surface area contributed by atoms with E-state index in [0.717, 1.165) is 27.8 Å². The van der Waals surface area contributed by atoms with Crippen LogP contribution in [-0.2, 0) is 12.0 Å². The SMILES string of the molecule is Cc1cc(C)cc(C(C)(O)Cc2cc(F)ccc2C)c1. The van der Waals surface area contributed by atoms with Crippen molar-refractivity contribution in [1.29, 1.82) is 0 Å². The Kier molecular flexibility index (Phi) is 3.96. The zero-order chi connectivity index (χ0) is 14.9. The van der Waals surface area contributed by atoms with Crippen LogP contribution >= 0.6 is 0 Å². The highest BCUT2D eigenvalue weighted by Crippen LogP contribution is 2.28. The van der Waals surface area contributed by atoms with Crippen LogP contribution in [0, 0.1) is 26.6 Å². The van der Waals surface area contributed by atoms with Crippen molar-refractivity contribution in [2.75, 3.05) is 0 Å². The molecule has 2 rings (SSSR count). The second kappa shape index (κ2) is 5.37. The molecule has 20 heavy (non-hydrogen) atoms. The standard InChI is InChI=1S/C18H21FO/c1-12-7-13(2)9-16(8-12)18(4,20)11-15-10-17(19)6-5-14(15)3/h5-10,20H,11H2,1-4H3. The lowest BCUT2D eigenvalue weighted by molar-refractivity contribution is 0.0573. The smallest absolute Gasteiger partial charge is 0.123 e. The topological polar surface area (TPSA) is 20.2 Å². The largest absolute Gasteiger partial charge is 0.385 e. The lowest BCUT2D eigenvalue weighted by atomic mass is 9.86. The van der Waals surface area contributed by atoms with Crippen molar-refractivity contribution in [2.45, 2.75) is 39.7 Å². The van der Waals surface area contributed by atoms with Crippen LogP contribution in [0.25, 0.3) is 0 Å². The lowest BCUT2D eigenvalue weighted by Crippen LogP contribution is -2.25. The van der Waals surface area contributed by atoms with E-state index in [4.69, 9.17) is 0 Å². The van der Waals surface area contributed by atoms with Gasteiger partial charge < -0.3 is 5.11 Å². The minimum absolute atomic E-state index is 0.262. The minimum Gasteiger partial charge on any atom is -0.385 e. The molecule has 2 aromatic rings. The summed E-state index contributed by atoms with van der Waals surface area (Å²) in [6.45, 7) is 7.75. The van der Waals surface area contributed by atoms with Crippen molar-refractivity contribution in [2.24, 2.45) is 0 Å². The van der Waals surface area contributed by atoms with Gasteiger partial charge in [0, 0.05) is 6.42 Å². The van der Waals surface area contributed by atoms with Gasteiger partial charge in [0.15, 0.2) is 0 Å². The van der Waals surface area contributed by atoms with Crippen LogP contribution < -0.4 is 0 Å². The number of hydrogen-bond acceptors (Lipinski definition) is 1. The number of halogens is 1. The average Bonchev–Trinajstić information content (AvgIpc) is 2.32. The molecule has 0 fully saturated rings. The van der Waals surface area contributed by atoms with E-state index in [0.29, 0.717) is 6.42 Å². The molecule has 0 amide bonds. The summed E-state index contributed by atoms with van der Waals surface area (Å²) in [5.41, 5.74) is 3.95. The molecule has 2 heteroatoms. The van der Waals surface area contributed by atoms with E-state index >= 15 is 0 Å². The van der Waals surface area contributed by atoms with Crippen molar-refractivity contribution in [3.63, 3.8) is 0 Å². The van der Waals surface area contributed by atoms with Crippen molar-refractivity contribution in [1.82, 2.24) is 0 Å². The van der Waals surface area contributed by atoms with Gasteiger partial charge in [0.25, 0.3) is 0 Å². The molecule has 0 radical (unpaired) electrons. The summed E-state index contributed by atoms with van der Waals surface area (Å²) in [5.74, 6) is -0.262. The maximum atomic E-state index is 13.4. The van der Waals surface area contributed by atoms with Gasteiger partial charge in [0.1, 0.15) is 5.82 Å². The van der Waals surface area contributed by atoms with Crippen LogP contribution in [0.4, 0.5) is 4.39 Å². The van der Waals surface area contributed by atoms with E-state index in [9.17, 15) is 9.50 Å². The van der Waals surface area contributed by atoms with E-state index in [1.54, 1.807) is 13.0 Å². The predicted octanol–water partition coefficient (Wildman–Crippen LogP) is 4.20. The number of benzene rings is 2. The zero-order valence-electron chi connectivity index (χ0n) is 12.5. The second-order valence-electron chi connectivity index (χ2n) is 5.90. The lowest BCUT2D eigenvalue weighted by Gasteiger charge is -2.26. The Morgan fingerprint density at radius 2 is 1.60 bits per heavy atom. The van der Waals surface area contributed by atoms with Crippen LogP contribution in [0.1, 0.15) is 34.7 Å². The molecule has 106 valence electrons. The number of aryl methyl sites for hydroxylation is 3. The molecule has 0 aliphatic heterocycles. The number of aliphatic hydroxyl groups is 1. The molecular formula is C18H21FO. The molecule has 1 N–H and O–H groups in total. The minimum atomic E-state index is -1.00. The van der Waals surface area contributed by atoms with Crippen LogP contribution in [0.15, 0.2) is 36.4 Å². The Bertz CT molecular complexity index is 609. The van der Waals surface area contributed by atoms with Crippen molar-refractivity contribution < 1.29 is 9.50 Å². The first-order valence-electron chi connectivity index (χ1n) is 6.84. The highest BCUT2D eigenvalue weighted by molar-refractivity contribution is 5.35. The highest BCUT2D eigenvalue weighted by Gasteiger charge is 2.25. The quantitative estimate of drug-likeness (QED) is 0.887. The third-order valence-corrected chi connectivity index (χ3v) is 3.69. The average molecular weight is 272 g/mol. The zero-order valence-corrected chi connectivity index (χ0v) is 12.5. The maximum Gasteiger partial charge on any atom is 0.123 e. The number of rotatable bonds is 3. The fourth-order valence-corrected chi connectivity index (χ4v) is 2.59. The Balaban J connectivity index is 2.37. The molecule has 0 aliphatic rings. The van der Waals surface area contributed by atoms with E-state index in [1.165, 1.54) is 12.1 Å². The Morgan fingerprint density at radius 3 is 2.20 bits per heavy atom. The molecule has 0 spiro atoms. The molecule has 0 aliphatic carbocycles. The first kappa shape index (κ1) is 14.7. The third kappa shape index (κ3) is 3.26. The van der Waals surface area contributed by atoms with Gasteiger partial charge in [-0.05, 0) is 56.5 Å². The maximum absolute atomic E-state index is 13.4. The monoisotopic (exact) mass is 272 g/mol. The molecule has 0 bridgehead atoms. The molecule has 1 unspecified atom stereocenters. The van der Waals surface area contributed by atoms with E-state index in [1.807, 2.05) is 32.9 Å². The second-order valence-corrected chi connectivity index (χ2v) is 5.90. The Labute approximate surface area is 120 Å². The van der Waals surface area contributed by atoms with Gasteiger partial charge in [-0.3, -0.25) is 0 Å². The molecule has 1 nitrogen and oxygen atoms in total. The van der Waals surface area contributed by atoms with E-state index < -0.39 is 5.60 Å². The van der Waals surface area contributed by atoms with E-state index in [2.05, 4.69) is 6.07 Å². The summed E-state index contributed by atoms with van der Waals surface area (Å²) in [4.78, 5) is 0. The molecule has 2 aromatic carbocycles. The van der Waals surface area contributed by atoms with Gasteiger partial charge in [-0.1, -0.05) is 35.4 Å². The molecule has 0 saturated heterocycles. The van der Waals surface area contributed by atoms with Gasteiger partial charge in [0.2, 0.25) is 0 Å². The normalized spacial score (nSPS) is 14.1. The first-order chi connectivity index (χ1) is 9.28. The van der Waals surface area contributed by atoms with Gasteiger partial charge >= 0.3 is 0 Å². The van der Waals surface area contributed by atoms with Gasteiger partial charge in [-0.2, -0.15) is 0 Å². The van der Waals surface area contributed by atoms with Crippen LogP contribution in [0.5, 0.6) is 0 Å². The van der Waals surface area contributed by atoms with Crippen molar-refractivity contribution in [3.05, 3.63) is 70.0 Å². The molecular weight excluding hydrogens is 251 g/mol. The van der Waals surface area contributed by atoms with Crippen molar-refractivity contribution >= 4 is 0 Å². The fourth-order valence-electron chi connectivity index (χ4n) is 2.59. The Morgan fingerprint density at radius 1 is 1.00 bits per heavy atom. The van der Waals surface area contributed by atoms with Gasteiger partial charge in [-0.15, -0.1) is 0 Å². The summed E-state index contributed by atoms with van der Waals surface area (Å²) in [6, 6.07) is 10.8. The summed E-state index contributed by atoms with van der Waals surface area (Å²) < 4.78 is 13.4. The predicted molar refractivity (Wildman–Crippen MR) is 80.3 cm³/mol. The summed E-state index contributed by atoms with van der Waals surface area (Å²) in [5, 5.41) is 10.8. The summed E-state index contributed by atoms with van der Waals surface area (Å²) in [6.07, 6.45) is 0.402. The van der Waals surface area contributed by atoms with Gasteiger partial charge in [0.05, 0.1) is 5.60 Å². The van der Waals surface area contributed by atoms with Crippen LogP contribution in [0.2, 0.25) is 0 Å². The molecule has 1 atom stereocenters. The van der Waals surface area contributed by atoms with Gasteiger partial charge in [-0.25, -0.2) is 4.39 Å². The molecule has 0 aromatic heterocycles. The Hall–Kier alpha value is -1.67. The highest BCUT2D eigenvalue weighted by atomic mass is 19.1. The molecule has 0 saturated carbocycles. The number of hydrogen-bond donors (Lipinski definition) is 1. The molecule has 0 heterocycles. The fraction of sp³-hybridized carbons (Fsp3) is 0.333. The summed E-state index contributed by atoms with van der Waals surface area (Å²) >= 11 is 0. The van der Waals surface area contributed by atoms with Crippen LogP contribution in [0.3, 0.4) is 0 Å². The summed E-state index contributed by atoms with van der Waals surface area (Å²) in [7, 11) is 0.